The van der Waals surface area contributed by atoms with Crippen molar-refractivity contribution in [3.8, 4) is 0 Å². The van der Waals surface area contributed by atoms with E-state index in [9.17, 15) is 0 Å². The fraction of sp³-hybridized carbons (Fsp3) is 0.250. The van der Waals surface area contributed by atoms with E-state index < -0.39 is 8.07 Å². The van der Waals surface area contributed by atoms with Crippen molar-refractivity contribution >= 4 is 18.8 Å². The van der Waals surface area contributed by atoms with E-state index in [1.807, 2.05) is 0 Å². The molecule has 0 amide bonds. The first-order chi connectivity index (χ1) is 5.93. The van der Waals surface area contributed by atoms with Gasteiger partial charge in [0.15, 0.2) is 0 Å². The molecule has 0 saturated heterocycles. The molecule has 2 heteroatoms. The van der Waals surface area contributed by atoms with Crippen molar-refractivity contribution in [2.24, 2.45) is 0 Å². The summed E-state index contributed by atoms with van der Waals surface area (Å²) >= 11 is 0. The summed E-state index contributed by atoms with van der Waals surface area (Å²) in [4.78, 5) is 0. The van der Waals surface area contributed by atoms with E-state index in [0.29, 0.717) is 0 Å². The van der Waals surface area contributed by atoms with E-state index in [-0.39, 0.29) is 18.9 Å². The van der Waals surface area contributed by atoms with Crippen LogP contribution in [0.15, 0.2) is 30.8 Å². The number of benzene rings is 1. The van der Waals surface area contributed by atoms with E-state index in [2.05, 4.69) is 57.4 Å². The molecule has 0 aliphatic rings. The van der Waals surface area contributed by atoms with Gasteiger partial charge in [-0.05, 0) is 0 Å². The third-order valence-electron chi connectivity index (χ3n) is 2.12. The van der Waals surface area contributed by atoms with Crippen molar-refractivity contribution in [3.05, 3.63) is 43.3 Å². The topological polar surface area (TPSA) is 0 Å². The first-order valence-corrected chi connectivity index (χ1v) is 8.03. The van der Waals surface area contributed by atoms with Gasteiger partial charge in [0.05, 0.1) is 8.07 Å². The van der Waals surface area contributed by atoms with Gasteiger partial charge in [0.25, 0.3) is 0 Å². The van der Waals surface area contributed by atoms with Crippen LogP contribution in [0.4, 0.5) is 0 Å². The smallest absolute Gasteiger partial charge is 0.199 e. The molecule has 1 rings (SSSR count). The maximum atomic E-state index is 3.91. The third-order valence-corrected chi connectivity index (χ3v) is 4.17. The second-order valence-corrected chi connectivity index (χ2v) is 9.44. The monoisotopic (exact) mass is 196 g/mol. The standard InChI is InChI=1S/C12H17Si.Li/c1-10(2)11-8-6-7-9-12(11)13(3,4)5;/h6-9H,1-2H2,3-5H3;/q-1;+1. The summed E-state index contributed by atoms with van der Waals surface area (Å²) in [6.45, 7) is 14.8. The van der Waals surface area contributed by atoms with Crippen LogP contribution >= 0.6 is 0 Å². The fourth-order valence-corrected chi connectivity index (χ4v) is 3.11. The SMILES string of the molecule is C=C([CH2-])c1ccccc1[Si](C)(C)C.[Li+]. The van der Waals surface area contributed by atoms with E-state index in [4.69, 9.17) is 0 Å². The van der Waals surface area contributed by atoms with Crippen LogP contribution in [0, 0.1) is 6.92 Å². The van der Waals surface area contributed by atoms with Gasteiger partial charge in [-0.15, -0.1) is 16.8 Å². The Balaban J connectivity index is 0.00000169. The molecular weight excluding hydrogens is 179 g/mol. The van der Waals surface area contributed by atoms with E-state index in [1.165, 1.54) is 10.8 Å². The summed E-state index contributed by atoms with van der Waals surface area (Å²) in [6.07, 6.45) is 0. The van der Waals surface area contributed by atoms with Crippen molar-refractivity contribution in [2.45, 2.75) is 19.6 Å². The van der Waals surface area contributed by atoms with E-state index >= 15 is 0 Å². The molecule has 0 spiro atoms. The van der Waals surface area contributed by atoms with Gasteiger partial charge in [0.2, 0.25) is 0 Å². The van der Waals surface area contributed by atoms with Gasteiger partial charge in [-0.3, -0.25) is 0 Å². The number of hydrogen-bond donors (Lipinski definition) is 0. The number of hydrogen-bond acceptors (Lipinski definition) is 0. The van der Waals surface area contributed by atoms with Gasteiger partial charge in [-0.25, -0.2) is 0 Å². The van der Waals surface area contributed by atoms with Crippen LogP contribution in [0.3, 0.4) is 0 Å². The predicted octanol–water partition coefficient (Wildman–Crippen LogP) is 0.0831. The van der Waals surface area contributed by atoms with Gasteiger partial charge in [0, 0.05) is 0 Å². The summed E-state index contributed by atoms with van der Waals surface area (Å²) in [7, 11) is -1.24. The summed E-state index contributed by atoms with van der Waals surface area (Å²) in [5.74, 6) is 0. The second kappa shape index (κ2) is 4.93. The van der Waals surface area contributed by atoms with Crippen LogP contribution in [0.1, 0.15) is 5.56 Å². The Kier molecular flexibility index (Phi) is 4.81. The maximum absolute atomic E-state index is 3.91. The quantitative estimate of drug-likeness (QED) is 0.464. The number of allylic oxidation sites excluding steroid dienone is 1. The zero-order chi connectivity index (χ0) is 10.1. The van der Waals surface area contributed by atoms with Crippen LogP contribution in [-0.4, -0.2) is 8.07 Å². The van der Waals surface area contributed by atoms with Crippen molar-refractivity contribution in [2.75, 3.05) is 0 Å². The minimum absolute atomic E-state index is 0. The minimum atomic E-state index is -1.24. The average molecular weight is 196 g/mol. The Morgan fingerprint density at radius 2 is 1.71 bits per heavy atom. The van der Waals surface area contributed by atoms with Gasteiger partial charge >= 0.3 is 18.9 Å². The molecule has 1 aromatic rings. The van der Waals surface area contributed by atoms with Crippen LogP contribution in [-0.2, 0) is 0 Å². The molecular formula is C12H17LiSi. The van der Waals surface area contributed by atoms with Crippen LogP contribution < -0.4 is 24.0 Å². The minimum Gasteiger partial charge on any atom is -0.199 e. The summed E-state index contributed by atoms with van der Waals surface area (Å²) in [5.41, 5.74) is 2.17. The van der Waals surface area contributed by atoms with Gasteiger partial charge in [0.1, 0.15) is 0 Å². The third kappa shape index (κ3) is 3.10. The van der Waals surface area contributed by atoms with Crippen LogP contribution in [0.25, 0.3) is 5.57 Å². The molecule has 0 aromatic heterocycles. The van der Waals surface area contributed by atoms with Gasteiger partial charge in [-0.1, -0.05) is 37.8 Å². The van der Waals surface area contributed by atoms with Crippen molar-refractivity contribution in [1.82, 2.24) is 0 Å². The van der Waals surface area contributed by atoms with Crippen LogP contribution in [0.2, 0.25) is 19.6 Å². The molecule has 0 radical (unpaired) electrons. The molecule has 0 aliphatic carbocycles. The first-order valence-electron chi connectivity index (χ1n) is 4.53. The molecule has 0 saturated carbocycles. The van der Waals surface area contributed by atoms with E-state index in [1.54, 1.807) is 0 Å². The summed E-state index contributed by atoms with van der Waals surface area (Å²) in [6, 6.07) is 8.47. The summed E-state index contributed by atoms with van der Waals surface area (Å²) in [5, 5.41) is 1.45. The normalized spacial score (nSPS) is 10.5. The molecule has 14 heavy (non-hydrogen) atoms. The maximum Gasteiger partial charge on any atom is 1.00 e. The second-order valence-electron chi connectivity index (χ2n) is 4.40. The van der Waals surface area contributed by atoms with Crippen LogP contribution in [0.5, 0.6) is 0 Å². The molecule has 0 fully saturated rings. The number of rotatable bonds is 2. The van der Waals surface area contributed by atoms with Gasteiger partial charge in [-0.2, -0.15) is 19.1 Å². The van der Waals surface area contributed by atoms with Gasteiger partial charge < -0.3 is 0 Å². The Hall–Kier alpha value is -0.356. The zero-order valence-corrected chi connectivity index (χ0v) is 10.7. The Labute approximate surface area is 101 Å². The van der Waals surface area contributed by atoms with Crippen molar-refractivity contribution in [3.63, 3.8) is 0 Å². The van der Waals surface area contributed by atoms with Crippen molar-refractivity contribution in [1.29, 1.82) is 0 Å². The molecule has 0 heterocycles. The van der Waals surface area contributed by atoms with Crippen molar-refractivity contribution < 1.29 is 18.9 Å². The average Bonchev–Trinajstić information content (AvgIpc) is 2.03. The molecule has 0 bridgehead atoms. The Morgan fingerprint density at radius 3 is 2.07 bits per heavy atom. The Bertz CT molecular complexity index is 323. The molecule has 0 nitrogen and oxygen atoms in total. The molecule has 0 aliphatic heterocycles. The summed E-state index contributed by atoms with van der Waals surface area (Å²) < 4.78 is 0. The first kappa shape index (κ1) is 13.6. The largest absolute Gasteiger partial charge is 1.00 e. The molecule has 0 atom stereocenters. The molecule has 0 unspecified atom stereocenters. The predicted molar refractivity (Wildman–Crippen MR) is 63.8 cm³/mol. The molecule has 0 N–H and O–H groups in total. The van der Waals surface area contributed by atoms with E-state index in [0.717, 1.165) is 5.57 Å². The molecule has 1 aromatic carbocycles. The Morgan fingerprint density at radius 1 is 1.21 bits per heavy atom. The fourth-order valence-electron chi connectivity index (χ4n) is 1.45. The molecule has 70 valence electrons. The zero-order valence-electron chi connectivity index (χ0n) is 9.72.